The van der Waals surface area contributed by atoms with Gasteiger partial charge in [-0.1, -0.05) is 6.42 Å². The summed E-state index contributed by atoms with van der Waals surface area (Å²) in [4.78, 5) is 24.4. The largest absolute Gasteiger partial charge is 0.465 e. The van der Waals surface area contributed by atoms with Gasteiger partial charge in [0.05, 0.1) is 18.2 Å². The summed E-state index contributed by atoms with van der Waals surface area (Å²) >= 11 is 0. The number of carbonyl (C=O) groups is 2. The molecular formula is C17H23NO5. The molecule has 6 heteroatoms. The van der Waals surface area contributed by atoms with E-state index < -0.39 is 23.3 Å². The molecule has 0 spiro atoms. The molecule has 2 heterocycles. The molecule has 6 nitrogen and oxygen atoms in total. The molecule has 1 N–H and O–H groups in total. The van der Waals surface area contributed by atoms with Crippen LogP contribution in [0.3, 0.4) is 0 Å². The standard InChI is InChI=1S/C17H23NO5/c1-16(2,3)23-15(20)18-17-8-4-6-11(17)14(22-13(19)10-17)12-7-5-9-21-12/h5,7,9,11,14H,4,6,8,10H2,1-3H3,(H,18,20)/t11-,14+,17+/m0/s1. The first-order chi connectivity index (χ1) is 10.8. The van der Waals surface area contributed by atoms with Crippen LogP contribution in [0.5, 0.6) is 0 Å². The SMILES string of the molecule is CC(C)(C)OC(=O)N[C@@]12CCC[C@H]1[C@H](c1ccco1)OC(=O)C2. The van der Waals surface area contributed by atoms with Crippen molar-refractivity contribution in [3.05, 3.63) is 24.2 Å². The Morgan fingerprint density at radius 3 is 2.87 bits per heavy atom. The van der Waals surface area contributed by atoms with E-state index in [1.807, 2.05) is 20.8 Å². The van der Waals surface area contributed by atoms with Crippen LogP contribution in [-0.2, 0) is 14.3 Å². The van der Waals surface area contributed by atoms with Gasteiger partial charge in [0.2, 0.25) is 0 Å². The van der Waals surface area contributed by atoms with Gasteiger partial charge < -0.3 is 19.2 Å². The molecule has 1 aliphatic carbocycles. The zero-order valence-corrected chi connectivity index (χ0v) is 13.8. The highest BCUT2D eigenvalue weighted by atomic mass is 16.6. The third-order valence-corrected chi connectivity index (χ3v) is 4.50. The van der Waals surface area contributed by atoms with E-state index in [1.54, 1.807) is 18.4 Å². The van der Waals surface area contributed by atoms with Crippen LogP contribution in [0.1, 0.15) is 58.3 Å². The summed E-state index contributed by atoms with van der Waals surface area (Å²) in [6.07, 6.45) is 3.33. The Morgan fingerprint density at radius 1 is 1.43 bits per heavy atom. The Bertz CT molecular complexity index is 589. The first-order valence-corrected chi connectivity index (χ1v) is 8.03. The van der Waals surface area contributed by atoms with Gasteiger partial charge in [-0.2, -0.15) is 0 Å². The number of alkyl carbamates (subject to hydrolysis) is 1. The van der Waals surface area contributed by atoms with Gasteiger partial charge in [0, 0.05) is 5.92 Å². The molecule has 23 heavy (non-hydrogen) atoms. The summed E-state index contributed by atoms with van der Waals surface area (Å²) in [5, 5.41) is 2.97. The lowest BCUT2D eigenvalue weighted by atomic mass is 9.77. The number of cyclic esters (lactones) is 1. The Morgan fingerprint density at radius 2 is 2.22 bits per heavy atom. The highest BCUT2D eigenvalue weighted by Gasteiger charge is 2.55. The summed E-state index contributed by atoms with van der Waals surface area (Å²) in [6, 6.07) is 3.58. The molecule has 1 aliphatic heterocycles. The van der Waals surface area contributed by atoms with Crippen molar-refractivity contribution in [2.45, 2.75) is 63.7 Å². The molecule has 1 amide bonds. The van der Waals surface area contributed by atoms with E-state index in [4.69, 9.17) is 13.9 Å². The van der Waals surface area contributed by atoms with Gasteiger partial charge in [-0.05, 0) is 45.7 Å². The molecule has 1 saturated heterocycles. The summed E-state index contributed by atoms with van der Waals surface area (Å²) in [5.74, 6) is 0.305. The number of amides is 1. The second-order valence-corrected chi connectivity index (χ2v) is 7.38. The number of carbonyl (C=O) groups excluding carboxylic acids is 2. The van der Waals surface area contributed by atoms with E-state index in [2.05, 4.69) is 5.32 Å². The Labute approximate surface area is 135 Å². The second kappa shape index (κ2) is 5.58. The fourth-order valence-electron chi connectivity index (χ4n) is 3.70. The van der Waals surface area contributed by atoms with Crippen LogP contribution < -0.4 is 5.32 Å². The van der Waals surface area contributed by atoms with E-state index >= 15 is 0 Å². The predicted octanol–water partition coefficient (Wildman–Crippen LogP) is 3.33. The minimum atomic E-state index is -0.616. The molecular weight excluding hydrogens is 298 g/mol. The maximum absolute atomic E-state index is 12.3. The molecule has 126 valence electrons. The van der Waals surface area contributed by atoms with Crippen LogP contribution >= 0.6 is 0 Å². The van der Waals surface area contributed by atoms with E-state index in [0.717, 1.165) is 19.3 Å². The Balaban J connectivity index is 1.84. The average molecular weight is 321 g/mol. The van der Waals surface area contributed by atoms with Gasteiger partial charge in [0.25, 0.3) is 0 Å². The highest BCUT2D eigenvalue weighted by Crippen LogP contribution is 2.50. The van der Waals surface area contributed by atoms with E-state index in [1.165, 1.54) is 0 Å². The lowest BCUT2D eigenvalue weighted by Gasteiger charge is -2.42. The van der Waals surface area contributed by atoms with Gasteiger partial charge in [0.1, 0.15) is 11.4 Å². The molecule has 1 saturated carbocycles. The fourth-order valence-corrected chi connectivity index (χ4v) is 3.70. The lowest BCUT2D eigenvalue weighted by molar-refractivity contribution is -0.166. The second-order valence-electron chi connectivity index (χ2n) is 7.38. The summed E-state index contributed by atoms with van der Waals surface area (Å²) in [5.41, 5.74) is -1.19. The summed E-state index contributed by atoms with van der Waals surface area (Å²) < 4.78 is 16.3. The normalized spacial score (nSPS) is 30.5. The maximum atomic E-state index is 12.3. The number of furan rings is 1. The smallest absolute Gasteiger partial charge is 0.408 e. The molecule has 2 aliphatic rings. The maximum Gasteiger partial charge on any atom is 0.408 e. The molecule has 1 aromatic heterocycles. The Hall–Kier alpha value is -1.98. The van der Waals surface area contributed by atoms with E-state index in [0.29, 0.717) is 5.76 Å². The third-order valence-electron chi connectivity index (χ3n) is 4.50. The molecule has 1 aromatic rings. The predicted molar refractivity (Wildman–Crippen MR) is 81.6 cm³/mol. The van der Waals surface area contributed by atoms with Crippen LogP contribution in [0.4, 0.5) is 4.79 Å². The van der Waals surface area contributed by atoms with Gasteiger partial charge in [0.15, 0.2) is 6.10 Å². The Kier molecular flexibility index (Phi) is 3.86. The van der Waals surface area contributed by atoms with Crippen molar-refractivity contribution in [1.82, 2.24) is 5.32 Å². The number of rotatable bonds is 2. The molecule has 2 fully saturated rings. The average Bonchev–Trinajstić information content (AvgIpc) is 3.03. The van der Waals surface area contributed by atoms with Crippen LogP contribution in [-0.4, -0.2) is 23.2 Å². The van der Waals surface area contributed by atoms with Crippen molar-refractivity contribution in [1.29, 1.82) is 0 Å². The van der Waals surface area contributed by atoms with Crippen molar-refractivity contribution in [3.8, 4) is 0 Å². The molecule has 0 unspecified atom stereocenters. The zero-order chi connectivity index (χ0) is 16.7. The van der Waals surface area contributed by atoms with Gasteiger partial charge in [-0.15, -0.1) is 0 Å². The van der Waals surface area contributed by atoms with Gasteiger partial charge in [-0.25, -0.2) is 4.79 Å². The van der Waals surface area contributed by atoms with E-state index in [9.17, 15) is 9.59 Å². The summed E-state index contributed by atoms with van der Waals surface area (Å²) in [6.45, 7) is 5.45. The lowest BCUT2D eigenvalue weighted by Crippen LogP contribution is -2.57. The van der Waals surface area contributed by atoms with Crippen LogP contribution in [0.2, 0.25) is 0 Å². The highest BCUT2D eigenvalue weighted by molar-refractivity contribution is 5.76. The molecule has 0 radical (unpaired) electrons. The van der Waals surface area contributed by atoms with Crippen LogP contribution in [0, 0.1) is 5.92 Å². The minimum absolute atomic E-state index is 0.00105. The van der Waals surface area contributed by atoms with Crippen molar-refractivity contribution in [2.75, 3.05) is 0 Å². The van der Waals surface area contributed by atoms with Crippen LogP contribution in [0.25, 0.3) is 0 Å². The fraction of sp³-hybridized carbons (Fsp3) is 0.647. The van der Waals surface area contributed by atoms with Crippen molar-refractivity contribution >= 4 is 12.1 Å². The van der Waals surface area contributed by atoms with Crippen molar-refractivity contribution < 1.29 is 23.5 Å². The molecule has 0 aromatic carbocycles. The quantitative estimate of drug-likeness (QED) is 0.845. The molecule has 3 rings (SSSR count). The van der Waals surface area contributed by atoms with Crippen molar-refractivity contribution in [2.24, 2.45) is 5.92 Å². The number of esters is 1. The third kappa shape index (κ3) is 3.21. The first-order valence-electron chi connectivity index (χ1n) is 8.03. The summed E-state index contributed by atoms with van der Waals surface area (Å²) in [7, 11) is 0. The van der Waals surface area contributed by atoms with Gasteiger partial charge in [-0.3, -0.25) is 4.79 Å². The number of hydrogen-bond acceptors (Lipinski definition) is 5. The first kappa shape index (κ1) is 15.9. The topological polar surface area (TPSA) is 77.8 Å². The molecule has 3 atom stereocenters. The van der Waals surface area contributed by atoms with Crippen LogP contribution in [0.15, 0.2) is 22.8 Å². The minimum Gasteiger partial charge on any atom is -0.465 e. The number of nitrogens with one attached hydrogen (secondary N) is 1. The van der Waals surface area contributed by atoms with Crippen molar-refractivity contribution in [3.63, 3.8) is 0 Å². The zero-order valence-electron chi connectivity index (χ0n) is 13.8. The number of hydrogen-bond donors (Lipinski definition) is 1. The van der Waals surface area contributed by atoms with E-state index in [-0.39, 0.29) is 18.3 Å². The number of ether oxygens (including phenoxy) is 2. The monoisotopic (exact) mass is 321 g/mol. The number of fused-ring (bicyclic) bond motifs is 1. The van der Waals surface area contributed by atoms with Gasteiger partial charge >= 0.3 is 12.1 Å². The molecule has 0 bridgehead atoms.